The van der Waals surface area contributed by atoms with Gasteiger partial charge in [-0.2, -0.15) is 0 Å². The summed E-state index contributed by atoms with van der Waals surface area (Å²) >= 11 is 0. The molecule has 1 aromatic carbocycles. The Morgan fingerprint density at radius 1 is 1.47 bits per heavy atom. The molecule has 0 heterocycles. The van der Waals surface area contributed by atoms with Crippen LogP contribution in [0, 0.1) is 0 Å². The van der Waals surface area contributed by atoms with E-state index < -0.39 is 0 Å². The third-order valence-corrected chi connectivity index (χ3v) is 2.87. The smallest absolute Gasteiger partial charge is 0.338 e. The molecule has 1 aliphatic rings. The second kappa shape index (κ2) is 5.08. The maximum Gasteiger partial charge on any atom is 0.338 e. The third kappa shape index (κ3) is 2.70. The molecule has 2 rings (SSSR count). The fourth-order valence-electron chi connectivity index (χ4n) is 1.67. The van der Waals surface area contributed by atoms with Crippen molar-refractivity contribution in [3.05, 3.63) is 23.8 Å². The van der Waals surface area contributed by atoms with Gasteiger partial charge in [-0.25, -0.2) is 4.79 Å². The number of carbonyl (C=O) groups excluding carboxylic acids is 1. The summed E-state index contributed by atoms with van der Waals surface area (Å²) in [5.74, 6) is 0.303. The summed E-state index contributed by atoms with van der Waals surface area (Å²) in [7, 11) is 0. The van der Waals surface area contributed by atoms with E-state index in [-0.39, 0.29) is 12.1 Å². The first kappa shape index (κ1) is 11.8. The van der Waals surface area contributed by atoms with Gasteiger partial charge in [0, 0.05) is 0 Å². The van der Waals surface area contributed by atoms with E-state index in [1.54, 1.807) is 18.2 Å². The topological polar surface area (TPSA) is 61.5 Å². The van der Waals surface area contributed by atoms with Gasteiger partial charge < -0.3 is 15.2 Å². The van der Waals surface area contributed by atoms with E-state index in [0.717, 1.165) is 19.3 Å². The molecule has 17 heavy (non-hydrogen) atoms. The van der Waals surface area contributed by atoms with Crippen molar-refractivity contribution in [2.75, 3.05) is 12.3 Å². The van der Waals surface area contributed by atoms with E-state index in [1.807, 2.05) is 6.92 Å². The Bertz CT molecular complexity index is 413. The highest BCUT2D eigenvalue weighted by Gasteiger charge is 2.22. The maximum absolute atomic E-state index is 11.8. The summed E-state index contributed by atoms with van der Waals surface area (Å²) in [6.45, 7) is 2.44. The molecule has 1 fully saturated rings. The number of hydrogen-bond donors (Lipinski definition) is 1. The van der Waals surface area contributed by atoms with Crippen molar-refractivity contribution in [3.63, 3.8) is 0 Å². The number of nitrogens with two attached hydrogens (primary N) is 1. The molecule has 4 nitrogen and oxygen atoms in total. The summed E-state index contributed by atoms with van der Waals surface area (Å²) in [6, 6.07) is 4.99. The highest BCUT2D eigenvalue weighted by molar-refractivity contribution is 5.91. The quantitative estimate of drug-likeness (QED) is 0.643. The zero-order valence-electron chi connectivity index (χ0n) is 9.94. The van der Waals surface area contributed by atoms with Gasteiger partial charge in [0.1, 0.15) is 11.9 Å². The van der Waals surface area contributed by atoms with Crippen LogP contribution in [0.5, 0.6) is 5.75 Å². The van der Waals surface area contributed by atoms with E-state index in [0.29, 0.717) is 23.6 Å². The molecule has 0 aromatic heterocycles. The van der Waals surface area contributed by atoms with Crippen LogP contribution in [0.15, 0.2) is 18.2 Å². The van der Waals surface area contributed by atoms with Gasteiger partial charge in [0.2, 0.25) is 0 Å². The SMILES string of the molecule is CCOc1ccc(C(=O)OC2CCC2)cc1N. The predicted molar refractivity (Wildman–Crippen MR) is 65.1 cm³/mol. The molecule has 0 aliphatic heterocycles. The highest BCUT2D eigenvalue weighted by Crippen LogP contribution is 2.26. The number of rotatable bonds is 4. The van der Waals surface area contributed by atoms with Gasteiger partial charge in [0.15, 0.2) is 0 Å². The average Bonchev–Trinajstić information content (AvgIpc) is 2.26. The first-order chi connectivity index (χ1) is 8.20. The van der Waals surface area contributed by atoms with Crippen LogP contribution in [0.3, 0.4) is 0 Å². The summed E-state index contributed by atoms with van der Waals surface area (Å²) in [5.41, 5.74) is 6.74. The molecule has 92 valence electrons. The fourth-order valence-corrected chi connectivity index (χ4v) is 1.67. The van der Waals surface area contributed by atoms with Crippen molar-refractivity contribution in [3.8, 4) is 5.75 Å². The first-order valence-corrected chi connectivity index (χ1v) is 5.94. The zero-order valence-corrected chi connectivity index (χ0v) is 9.94. The molecular weight excluding hydrogens is 218 g/mol. The second-order valence-corrected chi connectivity index (χ2v) is 4.14. The van der Waals surface area contributed by atoms with Crippen LogP contribution in [-0.2, 0) is 4.74 Å². The number of anilines is 1. The van der Waals surface area contributed by atoms with Crippen LogP contribution in [-0.4, -0.2) is 18.7 Å². The van der Waals surface area contributed by atoms with Gasteiger partial charge in [-0.05, 0) is 44.4 Å². The molecule has 0 unspecified atom stereocenters. The number of benzene rings is 1. The molecule has 0 radical (unpaired) electrons. The first-order valence-electron chi connectivity index (χ1n) is 5.94. The lowest BCUT2D eigenvalue weighted by Gasteiger charge is -2.25. The molecule has 1 aromatic rings. The van der Waals surface area contributed by atoms with Crippen molar-refractivity contribution in [2.24, 2.45) is 0 Å². The molecule has 0 amide bonds. The Balaban J connectivity index is 2.04. The lowest BCUT2D eigenvalue weighted by atomic mass is 9.96. The fraction of sp³-hybridized carbons (Fsp3) is 0.462. The Kier molecular flexibility index (Phi) is 3.52. The molecule has 0 saturated heterocycles. The summed E-state index contributed by atoms with van der Waals surface area (Å²) in [4.78, 5) is 11.8. The molecule has 2 N–H and O–H groups in total. The largest absolute Gasteiger partial charge is 0.492 e. The van der Waals surface area contributed by atoms with Crippen LogP contribution in [0.4, 0.5) is 5.69 Å². The molecule has 0 atom stereocenters. The minimum atomic E-state index is -0.301. The van der Waals surface area contributed by atoms with Crippen LogP contribution >= 0.6 is 0 Å². The Labute approximate surface area is 101 Å². The molecule has 1 aliphatic carbocycles. The molecule has 1 saturated carbocycles. The minimum Gasteiger partial charge on any atom is -0.492 e. The number of nitrogen functional groups attached to an aromatic ring is 1. The predicted octanol–water partition coefficient (Wildman–Crippen LogP) is 2.38. The zero-order chi connectivity index (χ0) is 12.3. The Hall–Kier alpha value is -1.71. The van der Waals surface area contributed by atoms with Gasteiger partial charge >= 0.3 is 5.97 Å². The Morgan fingerprint density at radius 3 is 2.76 bits per heavy atom. The second-order valence-electron chi connectivity index (χ2n) is 4.14. The monoisotopic (exact) mass is 235 g/mol. The van der Waals surface area contributed by atoms with Gasteiger partial charge in [0.25, 0.3) is 0 Å². The van der Waals surface area contributed by atoms with E-state index in [4.69, 9.17) is 15.2 Å². The third-order valence-electron chi connectivity index (χ3n) is 2.87. The maximum atomic E-state index is 11.8. The minimum absolute atomic E-state index is 0.0929. The van der Waals surface area contributed by atoms with Gasteiger partial charge in [0.05, 0.1) is 17.9 Å². The average molecular weight is 235 g/mol. The van der Waals surface area contributed by atoms with Crippen molar-refractivity contribution in [1.29, 1.82) is 0 Å². The standard InChI is InChI=1S/C13H17NO3/c1-2-16-12-7-6-9(8-11(12)14)13(15)17-10-4-3-5-10/h6-8,10H,2-5,14H2,1H3. The van der Waals surface area contributed by atoms with Crippen LogP contribution in [0.25, 0.3) is 0 Å². The number of ether oxygens (including phenoxy) is 2. The summed E-state index contributed by atoms with van der Waals surface area (Å²) in [5, 5.41) is 0. The lowest BCUT2D eigenvalue weighted by molar-refractivity contribution is 0.00901. The molecule has 0 spiro atoms. The summed E-state index contributed by atoms with van der Waals surface area (Å²) in [6.07, 6.45) is 3.18. The van der Waals surface area contributed by atoms with Crippen LogP contribution in [0.2, 0.25) is 0 Å². The van der Waals surface area contributed by atoms with E-state index >= 15 is 0 Å². The number of hydrogen-bond acceptors (Lipinski definition) is 4. The van der Waals surface area contributed by atoms with Crippen LogP contribution in [0.1, 0.15) is 36.5 Å². The molecule has 4 heteroatoms. The number of esters is 1. The van der Waals surface area contributed by atoms with Gasteiger partial charge in [-0.1, -0.05) is 0 Å². The van der Waals surface area contributed by atoms with E-state index in [1.165, 1.54) is 0 Å². The van der Waals surface area contributed by atoms with Crippen molar-refractivity contribution in [2.45, 2.75) is 32.3 Å². The lowest BCUT2D eigenvalue weighted by Crippen LogP contribution is -2.25. The normalized spacial score (nSPS) is 15.1. The van der Waals surface area contributed by atoms with Gasteiger partial charge in [-0.3, -0.25) is 0 Å². The summed E-state index contributed by atoms with van der Waals surface area (Å²) < 4.78 is 10.6. The van der Waals surface area contributed by atoms with Gasteiger partial charge in [-0.15, -0.1) is 0 Å². The Morgan fingerprint density at radius 2 is 2.24 bits per heavy atom. The van der Waals surface area contributed by atoms with Crippen LogP contribution < -0.4 is 10.5 Å². The highest BCUT2D eigenvalue weighted by atomic mass is 16.5. The number of carbonyl (C=O) groups is 1. The van der Waals surface area contributed by atoms with Crippen molar-refractivity contribution < 1.29 is 14.3 Å². The molecular formula is C13H17NO3. The van der Waals surface area contributed by atoms with E-state index in [9.17, 15) is 4.79 Å². The van der Waals surface area contributed by atoms with E-state index in [2.05, 4.69) is 0 Å². The molecule has 0 bridgehead atoms. The van der Waals surface area contributed by atoms with Crippen molar-refractivity contribution in [1.82, 2.24) is 0 Å². The van der Waals surface area contributed by atoms with Crippen molar-refractivity contribution >= 4 is 11.7 Å².